The van der Waals surface area contributed by atoms with Crippen molar-refractivity contribution in [2.24, 2.45) is 0 Å². The third-order valence-electron chi connectivity index (χ3n) is 4.60. The predicted octanol–water partition coefficient (Wildman–Crippen LogP) is 4.12. The summed E-state index contributed by atoms with van der Waals surface area (Å²) in [5.41, 5.74) is 2.05. The van der Waals surface area contributed by atoms with Crippen LogP contribution in [-0.2, 0) is 0 Å². The minimum atomic E-state index is -0.288. The summed E-state index contributed by atoms with van der Waals surface area (Å²) in [4.78, 5) is 26.5. The summed E-state index contributed by atoms with van der Waals surface area (Å²) in [6.45, 7) is 3.92. The average Bonchev–Trinajstić information content (AvgIpc) is 2.71. The van der Waals surface area contributed by atoms with Crippen molar-refractivity contribution in [3.8, 4) is 5.69 Å². The van der Waals surface area contributed by atoms with Gasteiger partial charge in [0.25, 0.3) is 11.1 Å². The highest BCUT2D eigenvalue weighted by molar-refractivity contribution is 6.05. The first-order chi connectivity index (χ1) is 12.1. The van der Waals surface area contributed by atoms with Crippen LogP contribution >= 0.6 is 0 Å². The van der Waals surface area contributed by atoms with Crippen molar-refractivity contribution in [2.75, 3.05) is 0 Å². The lowest BCUT2D eigenvalue weighted by Crippen LogP contribution is -2.29. The Balaban J connectivity index is 2.33. The van der Waals surface area contributed by atoms with Gasteiger partial charge in [0, 0.05) is 10.8 Å². The topological polar surface area (TPSA) is 39.1 Å². The zero-order chi connectivity index (χ0) is 17.6. The lowest BCUT2D eigenvalue weighted by Gasteiger charge is -2.07. The van der Waals surface area contributed by atoms with Gasteiger partial charge in [0.1, 0.15) is 0 Å². The molecule has 1 aromatic heterocycles. The number of hydrogen-bond acceptors (Lipinski definition) is 2. The van der Waals surface area contributed by atoms with E-state index in [9.17, 15) is 9.59 Å². The maximum Gasteiger partial charge on any atom is 0.265 e. The Hall–Kier alpha value is -3.20. The first-order valence-electron chi connectivity index (χ1n) is 8.22. The quantitative estimate of drug-likeness (QED) is 0.527. The molecule has 0 unspecified atom stereocenters. The molecule has 0 saturated heterocycles. The van der Waals surface area contributed by atoms with Gasteiger partial charge in [-0.05, 0) is 48.4 Å². The first kappa shape index (κ1) is 15.3. The Morgan fingerprint density at radius 3 is 1.60 bits per heavy atom. The average molecular weight is 327 g/mol. The van der Waals surface area contributed by atoms with Gasteiger partial charge in [-0.1, -0.05) is 54.1 Å². The van der Waals surface area contributed by atoms with Crippen molar-refractivity contribution in [2.45, 2.75) is 13.8 Å². The summed E-state index contributed by atoms with van der Waals surface area (Å²) in [5, 5.41) is 2.67. The van der Waals surface area contributed by atoms with Crippen molar-refractivity contribution in [3.05, 3.63) is 98.6 Å². The molecule has 0 atom stereocenters. The van der Waals surface area contributed by atoms with Gasteiger partial charge >= 0.3 is 0 Å². The van der Waals surface area contributed by atoms with Crippen LogP contribution in [0.1, 0.15) is 11.1 Å². The predicted molar refractivity (Wildman–Crippen MR) is 103 cm³/mol. The van der Waals surface area contributed by atoms with Gasteiger partial charge < -0.3 is 0 Å². The second-order valence-corrected chi connectivity index (χ2v) is 6.33. The van der Waals surface area contributed by atoms with E-state index in [-0.39, 0.29) is 11.1 Å². The maximum atomic E-state index is 13.3. The van der Waals surface area contributed by atoms with Gasteiger partial charge in [0.2, 0.25) is 0 Å². The van der Waals surface area contributed by atoms with Crippen LogP contribution in [0.15, 0.2) is 76.3 Å². The van der Waals surface area contributed by atoms with Gasteiger partial charge in [-0.3, -0.25) is 9.59 Å². The van der Waals surface area contributed by atoms with Crippen molar-refractivity contribution < 1.29 is 0 Å². The molecule has 0 bridgehead atoms. The summed E-state index contributed by atoms with van der Waals surface area (Å²) in [6.07, 6.45) is 0. The fraction of sp³-hybridized carbons (Fsp3) is 0.0909. The minimum absolute atomic E-state index is 0.288. The number of nitrogens with zero attached hydrogens (tertiary/aromatic N) is 1. The van der Waals surface area contributed by atoms with Crippen LogP contribution in [0.4, 0.5) is 0 Å². The molecule has 0 radical (unpaired) electrons. The van der Waals surface area contributed by atoms with Crippen molar-refractivity contribution >= 4 is 21.5 Å². The highest BCUT2D eigenvalue weighted by atomic mass is 16.2. The fourth-order valence-electron chi connectivity index (χ4n) is 3.42. The molecule has 0 fully saturated rings. The number of aryl methyl sites for hydroxylation is 2. The first-order valence-corrected chi connectivity index (χ1v) is 8.22. The summed E-state index contributed by atoms with van der Waals surface area (Å²) >= 11 is 0. The molecule has 0 N–H and O–H groups in total. The van der Waals surface area contributed by atoms with Gasteiger partial charge in [0.15, 0.2) is 0 Å². The molecule has 3 heteroatoms. The van der Waals surface area contributed by atoms with Gasteiger partial charge in [-0.2, -0.15) is 0 Å². The zero-order valence-electron chi connectivity index (χ0n) is 14.1. The number of aromatic nitrogens is 1. The lowest BCUT2D eigenvalue weighted by molar-refractivity contribution is 0.962. The highest BCUT2D eigenvalue weighted by Gasteiger charge is 2.13. The van der Waals surface area contributed by atoms with Crippen molar-refractivity contribution in [1.82, 2.24) is 4.57 Å². The zero-order valence-corrected chi connectivity index (χ0v) is 14.1. The fourth-order valence-corrected chi connectivity index (χ4v) is 3.42. The molecule has 0 aliphatic carbocycles. The summed E-state index contributed by atoms with van der Waals surface area (Å²) < 4.78 is 1.30. The highest BCUT2D eigenvalue weighted by Crippen LogP contribution is 2.21. The summed E-state index contributed by atoms with van der Waals surface area (Å²) in [7, 11) is 0. The third kappa shape index (κ3) is 2.36. The van der Waals surface area contributed by atoms with Crippen LogP contribution < -0.4 is 11.1 Å². The van der Waals surface area contributed by atoms with Crippen LogP contribution in [0.3, 0.4) is 0 Å². The summed E-state index contributed by atoms with van der Waals surface area (Å²) in [6, 6.07) is 20.5. The Kier molecular flexibility index (Phi) is 3.50. The number of rotatable bonds is 1. The molecule has 0 aliphatic rings. The Morgan fingerprint density at radius 2 is 1.12 bits per heavy atom. The minimum Gasteiger partial charge on any atom is -0.268 e. The van der Waals surface area contributed by atoms with E-state index >= 15 is 0 Å². The molecule has 3 nitrogen and oxygen atoms in total. The second kappa shape index (κ2) is 5.71. The van der Waals surface area contributed by atoms with E-state index in [0.29, 0.717) is 16.5 Å². The third-order valence-corrected chi connectivity index (χ3v) is 4.60. The Bertz CT molecular complexity index is 1180. The van der Waals surface area contributed by atoms with E-state index in [1.165, 1.54) is 4.57 Å². The van der Waals surface area contributed by atoms with Crippen LogP contribution in [0.25, 0.3) is 27.2 Å². The van der Waals surface area contributed by atoms with E-state index in [0.717, 1.165) is 21.9 Å². The largest absolute Gasteiger partial charge is 0.268 e. The molecule has 0 spiro atoms. The van der Waals surface area contributed by atoms with Crippen LogP contribution in [0, 0.1) is 13.8 Å². The van der Waals surface area contributed by atoms with Crippen molar-refractivity contribution in [1.29, 1.82) is 0 Å². The second-order valence-electron chi connectivity index (χ2n) is 6.33. The number of benzene rings is 3. The molecule has 1 heterocycles. The summed E-state index contributed by atoms with van der Waals surface area (Å²) in [5.74, 6) is 0. The van der Waals surface area contributed by atoms with Gasteiger partial charge in [-0.25, -0.2) is 4.57 Å². The van der Waals surface area contributed by atoms with E-state index < -0.39 is 0 Å². The molecule has 122 valence electrons. The van der Waals surface area contributed by atoms with Crippen LogP contribution in [0.2, 0.25) is 0 Å². The molecule has 0 saturated carbocycles. The van der Waals surface area contributed by atoms with Gasteiger partial charge in [0.05, 0.1) is 5.69 Å². The normalized spacial score (nSPS) is 11.1. The van der Waals surface area contributed by atoms with E-state index in [4.69, 9.17) is 0 Å². The molecule has 4 aromatic rings. The van der Waals surface area contributed by atoms with Crippen LogP contribution in [0.5, 0.6) is 0 Å². The smallest absolute Gasteiger partial charge is 0.265 e. The van der Waals surface area contributed by atoms with E-state index in [1.807, 2.05) is 68.4 Å². The molecule has 3 aromatic carbocycles. The SMILES string of the molecule is Cc1ccc(-n2c(=O)c3ccccc3c3ccccc3c2=O)c(C)c1. The monoisotopic (exact) mass is 327 g/mol. The molecular formula is C22H17NO2. The molecule has 0 amide bonds. The molecule has 4 rings (SSSR count). The molecular weight excluding hydrogens is 310 g/mol. The standard InChI is InChI=1S/C22H17NO2/c1-14-11-12-20(15(2)13-14)23-21(24)18-9-5-3-7-16(18)17-8-4-6-10-19(17)22(23)25/h3-13H,1-2H3. The lowest BCUT2D eigenvalue weighted by atomic mass is 10.1. The Labute approximate surface area is 144 Å². The number of fused-ring (bicyclic) bond motifs is 3. The molecule has 0 aliphatic heterocycles. The van der Waals surface area contributed by atoms with Crippen LogP contribution in [-0.4, -0.2) is 4.57 Å². The van der Waals surface area contributed by atoms with Gasteiger partial charge in [-0.15, -0.1) is 0 Å². The number of hydrogen-bond donors (Lipinski definition) is 0. The molecule has 25 heavy (non-hydrogen) atoms. The van der Waals surface area contributed by atoms with E-state index in [2.05, 4.69) is 0 Å². The van der Waals surface area contributed by atoms with E-state index in [1.54, 1.807) is 12.1 Å². The van der Waals surface area contributed by atoms with Crippen molar-refractivity contribution in [3.63, 3.8) is 0 Å². The maximum absolute atomic E-state index is 13.3. The Morgan fingerprint density at radius 1 is 0.640 bits per heavy atom.